The summed E-state index contributed by atoms with van der Waals surface area (Å²) in [5, 5.41) is 4.63. The van der Waals surface area contributed by atoms with E-state index in [0.29, 0.717) is 0 Å². The molecule has 0 aliphatic heterocycles. The highest BCUT2D eigenvalue weighted by Gasteiger charge is 2.45. The lowest BCUT2D eigenvalue weighted by molar-refractivity contribution is 0.670. The van der Waals surface area contributed by atoms with E-state index in [0.717, 1.165) is 55.7 Å². The van der Waals surface area contributed by atoms with Gasteiger partial charge in [-0.1, -0.05) is 183 Å². The molecule has 8 aromatic carbocycles. The minimum absolute atomic E-state index is 0.548. The average Bonchev–Trinajstić information content (AvgIpc) is 3.80. The lowest BCUT2D eigenvalue weighted by Gasteiger charge is -2.34. The maximum atomic E-state index is 6.43. The summed E-state index contributed by atoms with van der Waals surface area (Å²) in [6.07, 6.45) is 6.66. The molecular formula is C54H39NO. The number of nitrogens with zero attached hydrogens (tertiary/aromatic N) is 1. The van der Waals surface area contributed by atoms with Gasteiger partial charge in [0.15, 0.2) is 0 Å². The second-order valence-corrected chi connectivity index (χ2v) is 14.4. The van der Waals surface area contributed by atoms with Crippen molar-refractivity contribution in [3.63, 3.8) is 0 Å². The minimum Gasteiger partial charge on any atom is -0.455 e. The first kappa shape index (κ1) is 33.4. The van der Waals surface area contributed by atoms with E-state index in [1.54, 1.807) is 0 Å². The molecular weight excluding hydrogens is 679 g/mol. The summed E-state index contributed by atoms with van der Waals surface area (Å²) in [4.78, 5) is 2.36. The highest BCUT2D eigenvalue weighted by atomic mass is 16.3. The van der Waals surface area contributed by atoms with Gasteiger partial charge >= 0.3 is 0 Å². The number of rotatable bonds is 8. The normalized spacial score (nSPS) is 13.3. The molecule has 1 aliphatic carbocycles. The van der Waals surface area contributed by atoms with Gasteiger partial charge in [0.2, 0.25) is 0 Å². The van der Waals surface area contributed by atoms with E-state index >= 15 is 0 Å². The predicted octanol–water partition coefficient (Wildman–Crippen LogP) is 14.6. The summed E-state index contributed by atoms with van der Waals surface area (Å²) in [6.45, 7) is 7.00. The molecule has 10 rings (SSSR count). The third kappa shape index (κ3) is 5.18. The summed E-state index contributed by atoms with van der Waals surface area (Å²) < 4.78 is 6.43. The fourth-order valence-corrected chi connectivity index (χ4v) is 8.97. The van der Waals surface area contributed by atoms with Crippen LogP contribution in [-0.2, 0) is 5.41 Å². The van der Waals surface area contributed by atoms with Gasteiger partial charge in [0.1, 0.15) is 11.2 Å². The molecule has 0 saturated carbocycles. The number of hydrogen-bond donors (Lipinski definition) is 0. The van der Waals surface area contributed by atoms with Gasteiger partial charge in [0, 0.05) is 33.1 Å². The molecule has 1 aromatic heterocycles. The van der Waals surface area contributed by atoms with Gasteiger partial charge in [-0.25, -0.2) is 0 Å². The van der Waals surface area contributed by atoms with E-state index in [-0.39, 0.29) is 0 Å². The fourth-order valence-electron chi connectivity index (χ4n) is 8.97. The number of anilines is 2. The van der Waals surface area contributed by atoms with Crippen LogP contribution < -0.4 is 4.90 Å². The zero-order chi connectivity index (χ0) is 37.6. The maximum absolute atomic E-state index is 6.43. The lowest BCUT2D eigenvalue weighted by atomic mass is 9.67. The van der Waals surface area contributed by atoms with Gasteiger partial charge in [0.25, 0.3) is 0 Å². The SMILES string of the molecule is C=C(/C=C\C(=C/C)N(c1ccc(-c2cccc3c2oc2ccccc23)cc1)c1cccc2ccccc12)C1(c2ccccc2)c2ccccc2-c2ccccc21. The Labute approximate surface area is 327 Å². The third-order valence-corrected chi connectivity index (χ3v) is 11.5. The molecule has 0 saturated heterocycles. The largest absolute Gasteiger partial charge is 0.455 e. The summed E-state index contributed by atoms with van der Waals surface area (Å²) in [7, 11) is 0. The van der Waals surface area contributed by atoms with Crippen LogP contribution in [0, 0.1) is 0 Å². The van der Waals surface area contributed by atoms with E-state index in [1.807, 2.05) is 12.1 Å². The molecule has 0 amide bonds. The van der Waals surface area contributed by atoms with Gasteiger partial charge in [-0.2, -0.15) is 0 Å². The Morgan fingerprint density at radius 2 is 1.12 bits per heavy atom. The monoisotopic (exact) mass is 717 g/mol. The molecule has 0 atom stereocenters. The van der Waals surface area contributed by atoms with Gasteiger partial charge in [-0.3, -0.25) is 0 Å². The van der Waals surface area contributed by atoms with E-state index in [9.17, 15) is 0 Å². The molecule has 0 bridgehead atoms. The van der Waals surface area contributed by atoms with Crippen LogP contribution in [-0.4, -0.2) is 0 Å². The number of hydrogen-bond acceptors (Lipinski definition) is 2. The highest BCUT2D eigenvalue weighted by Crippen LogP contribution is 2.56. The number of para-hydroxylation sites is 2. The second-order valence-electron chi connectivity index (χ2n) is 14.4. The molecule has 9 aromatic rings. The topological polar surface area (TPSA) is 16.4 Å². The first-order valence-electron chi connectivity index (χ1n) is 19.2. The summed E-state index contributed by atoms with van der Waals surface area (Å²) in [6, 6.07) is 67.1. The molecule has 1 aliphatic rings. The van der Waals surface area contributed by atoms with Gasteiger partial charge < -0.3 is 9.32 Å². The molecule has 266 valence electrons. The van der Waals surface area contributed by atoms with E-state index in [4.69, 9.17) is 11.0 Å². The van der Waals surface area contributed by atoms with E-state index in [2.05, 4.69) is 206 Å². The van der Waals surface area contributed by atoms with Crippen molar-refractivity contribution in [1.29, 1.82) is 0 Å². The predicted molar refractivity (Wildman–Crippen MR) is 235 cm³/mol. The third-order valence-electron chi connectivity index (χ3n) is 11.5. The molecule has 0 spiro atoms. The van der Waals surface area contributed by atoms with Crippen LogP contribution in [0.3, 0.4) is 0 Å². The molecule has 0 unspecified atom stereocenters. The lowest BCUT2D eigenvalue weighted by Crippen LogP contribution is -2.28. The van der Waals surface area contributed by atoms with Crippen molar-refractivity contribution in [2.75, 3.05) is 4.90 Å². The standard InChI is InChI=1S/C54H39NO/c1-3-41(34-31-37(2)54(40-19-5-4-6-20-40)49-27-12-9-22-45(49)46-23-10-13-28-50(46)54)55(51-29-15-18-38-17-7-8-21-43(38)51)42-35-32-39(33-36-42)44-25-16-26-48-47-24-11-14-30-52(47)56-53(44)48/h3-36H,2H2,1H3/b34-31-,41-3+. The van der Waals surface area contributed by atoms with Crippen molar-refractivity contribution in [2.45, 2.75) is 12.3 Å². The van der Waals surface area contributed by atoms with Crippen LogP contribution in [0.2, 0.25) is 0 Å². The number of fused-ring (bicyclic) bond motifs is 7. The Morgan fingerprint density at radius 1 is 0.536 bits per heavy atom. The van der Waals surface area contributed by atoms with Crippen molar-refractivity contribution in [1.82, 2.24) is 0 Å². The van der Waals surface area contributed by atoms with Crippen LogP contribution in [0.4, 0.5) is 11.4 Å². The van der Waals surface area contributed by atoms with Gasteiger partial charge in [-0.05, 0) is 81.6 Å². The van der Waals surface area contributed by atoms with E-state index < -0.39 is 5.41 Å². The van der Waals surface area contributed by atoms with Crippen molar-refractivity contribution in [3.8, 4) is 22.3 Å². The number of benzene rings is 8. The average molecular weight is 718 g/mol. The highest BCUT2D eigenvalue weighted by molar-refractivity contribution is 6.09. The zero-order valence-electron chi connectivity index (χ0n) is 31.2. The first-order valence-corrected chi connectivity index (χ1v) is 19.2. The van der Waals surface area contributed by atoms with Crippen molar-refractivity contribution in [2.24, 2.45) is 0 Å². The Morgan fingerprint density at radius 3 is 1.88 bits per heavy atom. The van der Waals surface area contributed by atoms with Gasteiger partial charge in [0.05, 0.1) is 11.1 Å². The Balaban J connectivity index is 1.10. The van der Waals surface area contributed by atoms with Crippen molar-refractivity contribution < 1.29 is 4.42 Å². The Hall–Kier alpha value is -7.16. The number of furan rings is 1. The summed E-state index contributed by atoms with van der Waals surface area (Å²) in [5.74, 6) is 0. The quantitative estimate of drug-likeness (QED) is 0.146. The molecule has 0 radical (unpaired) electrons. The Bertz CT molecular complexity index is 2950. The van der Waals surface area contributed by atoms with Crippen LogP contribution in [0.1, 0.15) is 23.6 Å². The van der Waals surface area contributed by atoms with Gasteiger partial charge in [-0.15, -0.1) is 0 Å². The zero-order valence-corrected chi connectivity index (χ0v) is 31.2. The van der Waals surface area contributed by atoms with Crippen LogP contribution in [0.5, 0.6) is 0 Å². The Kier molecular flexibility index (Phi) is 8.12. The molecule has 56 heavy (non-hydrogen) atoms. The molecule has 0 fully saturated rings. The second kappa shape index (κ2) is 13.6. The first-order chi connectivity index (χ1) is 27.7. The fraction of sp³-hybridized carbons (Fsp3) is 0.0370. The van der Waals surface area contributed by atoms with Crippen LogP contribution in [0.25, 0.3) is 55.0 Å². The van der Waals surface area contributed by atoms with E-state index in [1.165, 1.54) is 38.6 Å². The van der Waals surface area contributed by atoms with Crippen molar-refractivity contribution >= 4 is 44.1 Å². The summed E-state index contributed by atoms with van der Waals surface area (Å²) >= 11 is 0. The molecule has 0 N–H and O–H groups in total. The molecule has 2 nitrogen and oxygen atoms in total. The van der Waals surface area contributed by atoms with Crippen LogP contribution in [0.15, 0.2) is 229 Å². The molecule has 2 heteroatoms. The molecule has 1 heterocycles. The van der Waals surface area contributed by atoms with Crippen LogP contribution >= 0.6 is 0 Å². The summed E-state index contributed by atoms with van der Waals surface area (Å²) in [5.41, 5.74) is 13.9. The minimum atomic E-state index is -0.548. The smallest absolute Gasteiger partial charge is 0.143 e. The number of allylic oxidation sites excluding steroid dienone is 4. The maximum Gasteiger partial charge on any atom is 0.143 e. The van der Waals surface area contributed by atoms with Crippen molar-refractivity contribution in [3.05, 3.63) is 241 Å².